The zero-order chi connectivity index (χ0) is 14.4. The molecule has 2 rings (SSSR count). The lowest BCUT2D eigenvalue weighted by molar-refractivity contribution is -0.139. The largest absolute Gasteiger partial charge is 0.458 e. The van der Waals surface area contributed by atoms with E-state index in [1.165, 1.54) is 0 Å². The number of thiophene rings is 1. The van der Waals surface area contributed by atoms with Gasteiger partial charge in [-0.2, -0.15) is 0 Å². The molecule has 0 aliphatic rings. The van der Waals surface area contributed by atoms with Crippen LogP contribution in [-0.2, 0) is 16.1 Å². The lowest BCUT2D eigenvalue weighted by Crippen LogP contribution is -2.39. The van der Waals surface area contributed by atoms with Crippen molar-refractivity contribution in [2.24, 2.45) is 0 Å². The summed E-state index contributed by atoms with van der Waals surface area (Å²) in [4.78, 5) is 23.9. The van der Waals surface area contributed by atoms with Gasteiger partial charge in [0.15, 0.2) is 0 Å². The summed E-state index contributed by atoms with van der Waals surface area (Å²) in [6, 6.07) is 7.55. The van der Waals surface area contributed by atoms with Crippen molar-refractivity contribution in [2.75, 3.05) is 6.54 Å². The highest BCUT2D eigenvalue weighted by molar-refractivity contribution is 7.13. The number of amides is 2. The summed E-state index contributed by atoms with van der Waals surface area (Å²) < 4.78 is 5.60. The third kappa shape index (κ3) is 3.71. The standard InChI is InChI=1S/C14H16N2O3S/c1-2-7-15-13(17)14(18)16-9-10-5-6-11(19-10)12-4-3-8-20-12/h3-6,8H,2,7,9H2,1H3,(H,15,17)(H,16,18). The van der Waals surface area contributed by atoms with Crippen molar-refractivity contribution in [3.63, 3.8) is 0 Å². The Hall–Kier alpha value is -2.08. The fourth-order valence-corrected chi connectivity index (χ4v) is 2.28. The summed E-state index contributed by atoms with van der Waals surface area (Å²) in [7, 11) is 0. The van der Waals surface area contributed by atoms with E-state index < -0.39 is 11.8 Å². The fourth-order valence-electron chi connectivity index (χ4n) is 1.59. The highest BCUT2D eigenvalue weighted by atomic mass is 32.1. The second-order valence-electron chi connectivity index (χ2n) is 4.18. The number of hydrogen-bond donors (Lipinski definition) is 2. The minimum atomic E-state index is -0.646. The average molecular weight is 292 g/mol. The first-order valence-electron chi connectivity index (χ1n) is 6.39. The maximum Gasteiger partial charge on any atom is 0.309 e. The van der Waals surface area contributed by atoms with Crippen LogP contribution in [0.15, 0.2) is 34.1 Å². The van der Waals surface area contributed by atoms with Crippen LogP contribution in [-0.4, -0.2) is 18.4 Å². The van der Waals surface area contributed by atoms with E-state index in [0.717, 1.165) is 17.1 Å². The quantitative estimate of drug-likeness (QED) is 0.829. The molecule has 0 saturated carbocycles. The van der Waals surface area contributed by atoms with Gasteiger partial charge in [-0.15, -0.1) is 11.3 Å². The molecule has 6 heteroatoms. The van der Waals surface area contributed by atoms with E-state index in [0.29, 0.717) is 12.3 Å². The van der Waals surface area contributed by atoms with Gasteiger partial charge in [-0.05, 0) is 30.0 Å². The summed E-state index contributed by atoms with van der Waals surface area (Å²) in [6.07, 6.45) is 0.793. The maximum absolute atomic E-state index is 11.5. The smallest absolute Gasteiger partial charge is 0.309 e. The van der Waals surface area contributed by atoms with Crippen LogP contribution in [0.3, 0.4) is 0 Å². The lowest BCUT2D eigenvalue weighted by atomic mass is 10.3. The molecular weight excluding hydrogens is 276 g/mol. The molecule has 0 unspecified atom stereocenters. The maximum atomic E-state index is 11.5. The van der Waals surface area contributed by atoms with Crippen LogP contribution >= 0.6 is 11.3 Å². The third-order valence-electron chi connectivity index (χ3n) is 2.59. The van der Waals surface area contributed by atoms with Crippen LogP contribution in [0.25, 0.3) is 10.6 Å². The molecule has 2 amide bonds. The van der Waals surface area contributed by atoms with Gasteiger partial charge < -0.3 is 15.1 Å². The van der Waals surface area contributed by atoms with E-state index in [2.05, 4.69) is 10.6 Å². The van der Waals surface area contributed by atoms with Gasteiger partial charge in [-0.25, -0.2) is 0 Å². The molecular formula is C14H16N2O3S. The minimum absolute atomic E-state index is 0.198. The number of rotatable bonds is 5. The zero-order valence-corrected chi connectivity index (χ0v) is 12.0. The zero-order valence-electron chi connectivity index (χ0n) is 11.1. The highest BCUT2D eigenvalue weighted by Gasteiger charge is 2.13. The van der Waals surface area contributed by atoms with Crippen LogP contribution in [0.5, 0.6) is 0 Å². The molecule has 0 aliphatic carbocycles. The molecule has 2 N–H and O–H groups in total. The van der Waals surface area contributed by atoms with E-state index in [-0.39, 0.29) is 6.54 Å². The van der Waals surface area contributed by atoms with E-state index in [9.17, 15) is 9.59 Å². The average Bonchev–Trinajstić information content (AvgIpc) is 3.12. The molecule has 0 fully saturated rings. The molecule has 2 aromatic rings. The fraction of sp³-hybridized carbons (Fsp3) is 0.286. The van der Waals surface area contributed by atoms with Gasteiger partial charge in [0.25, 0.3) is 0 Å². The van der Waals surface area contributed by atoms with Gasteiger partial charge in [0.1, 0.15) is 11.5 Å². The number of carbonyl (C=O) groups is 2. The Labute approximate surface area is 121 Å². The molecule has 0 atom stereocenters. The highest BCUT2D eigenvalue weighted by Crippen LogP contribution is 2.26. The number of furan rings is 1. The molecule has 0 bridgehead atoms. The topological polar surface area (TPSA) is 71.3 Å². The first kappa shape index (κ1) is 14.3. The molecule has 106 valence electrons. The minimum Gasteiger partial charge on any atom is -0.458 e. The summed E-state index contributed by atoms with van der Waals surface area (Å²) in [5.74, 6) is 0.120. The lowest BCUT2D eigenvalue weighted by Gasteiger charge is -2.03. The van der Waals surface area contributed by atoms with E-state index in [1.54, 1.807) is 17.4 Å². The first-order chi connectivity index (χ1) is 9.70. The SMILES string of the molecule is CCCNC(=O)C(=O)NCc1ccc(-c2cccs2)o1. The van der Waals surface area contributed by atoms with Crippen LogP contribution in [0.2, 0.25) is 0 Å². The van der Waals surface area contributed by atoms with Crippen molar-refractivity contribution >= 4 is 23.2 Å². The predicted octanol–water partition coefficient (Wildman–Crippen LogP) is 2.15. The van der Waals surface area contributed by atoms with Gasteiger partial charge in [0.2, 0.25) is 0 Å². The number of nitrogens with one attached hydrogen (secondary N) is 2. The molecule has 2 aromatic heterocycles. The molecule has 2 heterocycles. The van der Waals surface area contributed by atoms with Crippen LogP contribution in [0, 0.1) is 0 Å². The van der Waals surface area contributed by atoms with E-state index in [1.807, 2.05) is 30.5 Å². The van der Waals surface area contributed by atoms with Crippen molar-refractivity contribution in [1.29, 1.82) is 0 Å². The Morgan fingerprint density at radius 1 is 1.20 bits per heavy atom. The van der Waals surface area contributed by atoms with Crippen LogP contribution < -0.4 is 10.6 Å². The van der Waals surface area contributed by atoms with Crippen molar-refractivity contribution in [3.8, 4) is 10.6 Å². The van der Waals surface area contributed by atoms with Gasteiger partial charge in [0, 0.05) is 6.54 Å². The normalized spacial score (nSPS) is 10.2. The van der Waals surface area contributed by atoms with Crippen molar-refractivity contribution in [1.82, 2.24) is 10.6 Å². The summed E-state index contributed by atoms with van der Waals surface area (Å²) in [6.45, 7) is 2.62. The second-order valence-corrected chi connectivity index (χ2v) is 5.13. The Morgan fingerprint density at radius 2 is 2.00 bits per heavy atom. The van der Waals surface area contributed by atoms with Gasteiger partial charge >= 0.3 is 11.8 Å². The second kappa shape index (κ2) is 6.91. The molecule has 0 aromatic carbocycles. The van der Waals surface area contributed by atoms with Crippen molar-refractivity contribution in [3.05, 3.63) is 35.4 Å². The van der Waals surface area contributed by atoms with E-state index >= 15 is 0 Å². The van der Waals surface area contributed by atoms with Crippen molar-refractivity contribution in [2.45, 2.75) is 19.9 Å². The first-order valence-corrected chi connectivity index (χ1v) is 7.27. The molecule has 0 saturated heterocycles. The molecule has 20 heavy (non-hydrogen) atoms. The van der Waals surface area contributed by atoms with Gasteiger partial charge in [0.05, 0.1) is 11.4 Å². The van der Waals surface area contributed by atoms with Crippen LogP contribution in [0.1, 0.15) is 19.1 Å². The Morgan fingerprint density at radius 3 is 2.70 bits per heavy atom. The van der Waals surface area contributed by atoms with Gasteiger partial charge in [-0.3, -0.25) is 9.59 Å². The number of carbonyl (C=O) groups excluding carboxylic acids is 2. The third-order valence-corrected chi connectivity index (χ3v) is 3.48. The molecule has 5 nitrogen and oxygen atoms in total. The van der Waals surface area contributed by atoms with Crippen LogP contribution in [0.4, 0.5) is 0 Å². The molecule has 0 radical (unpaired) electrons. The predicted molar refractivity (Wildman–Crippen MR) is 77.2 cm³/mol. The Bertz CT molecular complexity index is 575. The Balaban J connectivity index is 1.85. The summed E-state index contributed by atoms with van der Waals surface area (Å²) in [5.41, 5.74) is 0. The monoisotopic (exact) mass is 292 g/mol. The Kier molecular flexibility index (Phi) is 4.95. The molecule has 0 spiro atoms. The summed E-state index contributed by atoms with van der Waals surface area (Å²) >= 11 is 1.58. The van der Waals surface area contributed by atoms with Gasteiger partial charge in [-0.1, -0.05) is 13.0 Å². The summed E-state index contributed by atoms with van der Waals surface area (Å²) in [5, 5.41) is 7.01. The van der Waals surface area contributed by atoms with E-state index in [4.69, 9.17) is 4.42 Å². The number of hydrogen-bond acceptors (Lipinski definition) is 4. The molecule has 0 aliphatic heterocycles. The van der Waals surface area contributed by atoms with Crippen molar-refractivity contribution < 1.29 is 14.0 Å².